The van der Waals surface area contributed by atoms with Crippen LogP contribution in [0.15, 0.2) is 0 Å². The Bertz CT molecular complexity index is 411. The third kappa shape index (κ3) is 6.78. The molecule has 0 aromatic carbocycles. The van der Waals surface area contributed by atoms with E-state index in [1.165, 1.54) is 0 Å². The van der Waals surface area contributed by atoms with Gasteiger partial charge in [-0.2, -0.15) is 0 Å². The number of piperidine rings is 1. The fourth-order valence-corrected chi connectivity index (χ4v) is 2.28. The van der Waals surface area contributed by atoms with E-state index in [-0.39, 0.29) is 18.7 Å². The molecule has 0 radical (unpaired) electrons. The van der Waals surface area contributed by atoms with Crippen LogP contribution in [0.2, 0.25) is 0 Å². The number of carboxylic acids is 1. The van der Waals surface area contributed by atoms with Crippen molar-refractivity contribution >= 4 is 18.0 Å². The van der Waals surface area contributed by atoms with Gasteiger partial charge in [0.15, 0.2) is 0 Å². The number of carbonyl (C=O) groups excluding carboxylic acids is 2. The molecule has 7 nitrogen and oxygen atoms in total. The molecule has 22 heavy (non-hydrogen) atoms. The van der Waals surface area contributed by atoms with Gasteiger partial charge in [-0.05, 0) is 46.5 Å². The maximum atomic E-state index is 12.0. The lowest BCUT2D eigenvalue weighted by atomic mass is 10.1. The lowest BCUT2D eigenvalue weighted by Gasteiger charge is -2.27. The van der Waals surface area contributed by atoms with Crippen molar-refractivity contribution in [3.8, 4) is 0 Å². The van der Waals surface area contributed by atoms with Crippen LogP contribution in [-0.2, 0) is 14.3 Å². The van der Waals surface area contributed by atoms with Crippen LogP contribution in [0.5, 0.6) is 0 Å². The molecule has 2 amide bonds. The Kier molecular flexibility index (Phi) is 6.64. The van der Waals surface area contributed by atoms with Gasteiger partial charge in [0.05, 0.1) is 0 Å². The predicted octanol–water partition coefficient (Wildman–Crippen LogP) is 1.76. The highest BCUT2D eigenvalue weighted by Crippen LogP contribution is 2.12. The maximum Gasteiger partial charge on any atom is 0.408 e. The van der Waals surface area contributed by atoms with E-state index in [2.05, 4.69) is 5.32 Å². The molecule has 0 spiro atoms. The normalized spacial score (nSPS) is 16.8. The number of carboxylic acid groups (broad SMARTS) is 1. The molecule has 7 heteroatoms. The Morgan fingerprint density at radius 2 is 1.77 bits per heavy atom. The standard InChI is InChI=1S/C15H26N2O5/c1-15(2,3)22-14(21)16-11(13(19)20)7-8-12(18)17-9-5-4-6-10-17/h11H,4-10H2,1-3H3,(H,16,21)(H,19,20). The number of likely N-dealkylation sites (tertiary alicyclic amines) is 1. The van der Waals surface area contributed by atoms with Crippen molar-refractivity contribution in [2.24, 2.45) is 0 Å². The molecule has 0 aromatic rings. The van der Waals surface area contributed by atoms with Crippen LogP contribution in [0.25, 0.3) is 0 Å². The second kappa shape index (κ2) is 8.00. The summed E-state index contributed by atoms with van der Waals surface area (Å²) in [7, 11) is 0. The van der Waals surface area contributed by atoms with Crippen LogP contribution in [0.1, 0.15) is 52.9 Å². The molecule has 1 atom stereocenters. The van der Waals surface area contributed by atoms with Gasteiger partial charge >= 0.3 is 12.1 Å². The van der Waals surface area contributed by atoms with Crippen LogP contribution in [0.3, 0.4) is 0 Å². The molecule has 1 rings (SSSR count). The van der Waals surface area contributed by atoms with E-state index < -0.39 is 23.7 Å². The van der Waals surface area contributed by atoms with Crippen LogP contribution in [-0.4, -0.2) is 52.7 Å². The summed E-state index contributed by atoms with van der Waals surface area (Å²) in [6, 6.07) is -1.12. The smallest absolute Gasteiger partial charge is 0.408 e. The highest BCUT2D eigenvalue weighted by atomic mass is 16.6. The predicted molar refractivity (Wildman–Crippen MR) is 80.5 cm³/mol. The number of hydrogen-bond acceptors (Lipinski definition) is 4. The van der Waals surface area contributed by atoms with E-state index >= 15 is 0 Å². The molecule has 0 aromatic heterocycles. The van der Waals surface area contributed by atoms with E-state index in [0.717, 1.165) is 32.4 Å². The third-order valence-electron chi connectivity index (χ3n) is 3.34. The summed E-state index contributed by atoms with van der Waals surface area (Å²) in [5.74, 6) is -1.23. The van der Waals surface area contributed by atoms with Crippen LogP contribution < -0.4 is 5.32 Å². The van der Waals surface area contributed by atoms with E-state index in [1.807, 2.05) is 0 Å². The number of rotatable bonds is 5. The van der Waals surface area contributed by atoms with Crippen LogP contribution in [0.4, 0.5) is 4.79 Å². The average molecular weight is 314 g/mol. The molecule has 1 heterocycles. The molecular formula is C15H26N2O5. The number of ether oxygens (including phenoxy) is 1. The molecule has 0 aliphatic carbocycles. The summed E-state index contributed by atoms with van der Waals surface area (Å²) in [4.78, 5) is 36.6. The van der Waals surface area contributed by atoms with E-state index in [0.29, 0.717) is 0 Å². The second-order valence-corrected chi connectivity index (χ2v) is 6.52. The van der Waals surface area contributed by atoms with Gasteiger partial charge in [0.25, 0.3) is 0 Å². The first kappa shape index (κ1) is 18.3. The summed E-state index contributed by atoms with van der Waals surface area (Å²) in [6.45, 7) is 6.55. The molecule has 1 unspecified atom stereocenters. The van der Waals surface area contributed by atoms with E-state index in [1.54, 1.807) is 25.7 Å². The summed E-state index contributed by atoms with van der Waals surface area (Å²) in [5.41, 5.74) is -0.698. The van der Waals surface area contributed by atoms with Crippen molar-refractivity contribution in [3.05, 3.63) is 0 Å². The van der Waals surface area contributed by atoms with Crippen molar-refractivity contribution in [1.82, 2.24) is 10.2 Å². The number of carbonyl (C=O) groups is 3. The highest BCUT2D eigenvalue weighted by molar-refractivity contribution is 5.81. The summed E-state index contributed by atoms with van der Waals surface area (Å²) in [5, 5.41) is 11.4. The van der Waals surface area contributed by atoms with Crippen molar-refractivity contribution in [2.75, 3.05) is 13.1 Å². The minimum atomic E-state index is -1.17. The van der Waals surface area contributed by atoms with Gasteiger partial charge in [-0.15, -0.1) is 0 Å². The molecular weight excluding hydrogens is 288 g/mol. The number of amides is 2. The number of alkyl carbamates (subject to hydrolysis) is 1. The fraction of sp³-hybridized carbons (Fsp3) is 0.800. The Hall–Kier alpha value is -1.79. The van der Waals surface area contributed by atoms with Gasteiger partial charge < -0.3 is 20.1 Å². The lowest BCUT2D eigenvalue weighted by molar-refractivity contribution is -0.140. The summed E-state index contributed by atoms with van der Waals surface area (Å²) in [6.07, 6.45) is 2.48. The summed E-state index contributed by atoms with van der Waals surface area (Å²) >= 11 is 0. The zero-order valence-corrected chi connectivity index (χ0v) is 13.6. The number of hydrogen-bond donors (Lipinski definition) is 2. The minimum absolute atomic E-state index is 0.0584. The van der Waals surface area contributed by atoms with Crippen molar-refractivity contribution < 1.29 is 24.2 Å². The van der Waals surface area contributed by atoms with Gasteiger partial charge in [-0.1, -0.05) is 0 Å². The lowest BCUT2D eigenvalue weighted by Crippen LogP contribution is -2.44. The molecule has 2 N–H and O–H groups in total. The van der Waals surface area contributed by atoms with E-state index in [9.17, 15) is 14.4 Å². The Morgan fingerprint density at radius 1 is 1.18 bits per heavy atom. The van der Waals surface area contributed by atoms with Crippen molar-refractivity contribution in [1.29, 1.82) is 0 Å². The van der Waals surface area contributed by atoms with E-state index in [4.69, 9.17) is 9.84 Å². The largest absolute Gasteiger partial charge is 0.480 e. The van der Waals surface area contributed by atoms with Crippen LogP contribution >= 0.6 is 0 Å². The van der Waals surface area contributed by atoms with Crippen molar-refractivity contribution in [2.45, 2.75) is 64.5 Å². The topological polar surface area (TPSA) is 95.9 Å². The highest BCUT2D eigenvalue weighted by Gasteiger charge is 2.25. The number of nitrogens with one attached hydrogen (secondary N) is 1. The zero-order valence-electron chi connectivity index (χ0n) is 13.6. The monoisotopic (exact) mass is 314 g/mol. The van der Waals surface area contributed by atoms with Crippen molar-refractivity contribution in [3.63, 3.8) is 0 Å². The molecule has 0 bridgehead atoms. The van der Waals surface area contributed by atoms with Gasteiger partial charge in [0.2, 0.25) is 5.91 Å². The first-order valence-electron chi connectivity index (χ1n) is 7.69. The number of nitrogens with zero attached hydrogens (tertiary/aromatic N) is 1. The maximum absolute atomic E-state index is 12.0. The van der Waals surface area contributed by atoms with Gasteiger partial charge in [0.1, 0.15) is 11.6 Å². The second-order valence-electron chi connectivity index (χ2n) is 6.52. The van der Waals surface area contributed by atoms with Gasteiger partial charge in [-0.3, -0.25) is 4.79 Å². The summed E-state index contributed by atoms with van der Waals surface area (Å²) < 4.78 is 5.03. The van der Waals surface area contributed by atoms with Crippen LogP contribution in [0, 0.1) is 0 Å². The molecule has 1 aliphatic rings. The Balaban J connectivity index is 2.45. The van der Waals surface area contributed by atoms with Gasteiger partial charge in [-0.25, -0.2) is 9.59 Å². The molecule has 0 saturated carbocycles. The first-order valence-corrected chi connectivity index (χ1v) is 7.69. The molecule has 1 fully saturated rings. The third-order valence-corrected chi connectivity index (χ3v) is 3.34. The Morgan fingerprint density at radius 3 is 2.27 bits per heavy atom. The quantitative estimate of drug-likeness (QED) is 0.806. The SMILES string of the molecule is CC(C)(C)OC(=O)NC(CCC(=O)N1CCCCC1)C(=O)O. The molecule has 1 aliphatic heterocycles. The fourth-order valence-electron chi connectivity index (χ4n) is 2.28. The molecule has 1 saturated heterocycles. The molecule has 126 valence electrons. The average Bonchev–Trinajstić information content (AvgIpc) is 2.41. The first-order chi connectivity index (χ1) is 10.2. The van der Waals surface area contributed by atoms with Gasteiger partial charge in [0, 0.05) is 19.5 Å². The zero-order chi connectivity index (χ0) is 16.8. The number of aliphatic carboxylic acids is 1. The minimum Gasteiger partial charge on any atom is -0.480 e. The Labute approximate surface area is 131 Å².